The molecule has 5 nitrogen and oxygen atoms in total. The SMILES string of the molecule is CNNC1=NC=C(N(C)Cc2cc3ccccc3n2C)C1(C)C. The predicted octanol–water partition coefficient (Wildman–Crippen LogP) is 2.61. The monoisotopic (exact) mass is 311 g/mol. The molecular formula is C18H25N5. The first kappa shape index (κ1) is 15.6. The van der Waals surface area contributed by atoms with Crippen molar-refractivity contribution in [2.24, 2.45) is 17.5 Å². The number of hydrogen-bond donors (Lipinski definition) is 2. The van der Waals surface area contributed by atoms with Crippen LogP contribution < -0.4 is 10.9 Å². The molecule has 1 aliphatic rings. The Kier molecular flexibility index (Phi) is 3.90. The fraction of sp³-hybridized carbons (Fsp3) is 0.389. The fourth-order valence-electron chi connectivity index (χ4n) is 3.28. The van der Waals surface area contributed by atoms with Crippen molar-refractivity contribution in [3.8, 4) is 0 Å². The summed E-state index contributed by atoms with van der Waals surface area (Å²) in [5.74, 6) is 0.943. The molecule has 0 radical (unpaired) electrons. The van der Waals surface area contributed by atoms with Crippen LogP contribution in [0, 0.1) is 5.41 Å². The van der Waals surface area contributed by atoms with Crippen LogP contribution in [0.4, 0.5) is 0 Å². The Morgan fingerprint density at radius 3 is 2.70 bits per heavy atom. The van der Waals surface area contributed by atoms with Crippen LogP contribution in [0.1, 0.15) is 19.5 Å². The zero-order valence-corrected chi connectivity index (χ0v) is 14.5. The average Bonchev–Trinajstić information content (AvgIpc) is 2.98. The van der Waals surface area contributed by atoms with E-state index in [0.717, 1.165) is 12.4 Å². The molecule has 2 heterocycles. The van der Waals surface area contributed by atoms with Crippen LogP contribution in [-0.4, -0.2) is 29.4 Å². The van der Waals surface area contributed by atoms with E-state index in [9.17, 15) is 0 Å². The quantitative estimate of drug-likeness (QED) is 0.853. The molecule has 0 bridgehead atoms. The van der Waals surface area contributed by atoms with Gasteiger partial charge in [-0.2, -0.15) is 0 Å². The summed E-state index contributed by atoms with van der Waals surface area (Å²) in [7, 11) is 6.11. The van der Waals surface area contributed by atoms with Crippen molar-refractivity contribution in [3.63, 3.8) is 0 Å². The smallest absolute Gasteiger partial charge is 0.127 e. The van der Waals surface area contributed by atoms with Crippen LogP contribution >= 0.6 is 0 Å². The van der Waals surface area contributed by atoms with Crippen LogP contribution in [0.15, 0.2) is 47.2 Å². The van der Waals surface area contributed by atoms with E-state index < -0.39 is 0 Å². The van der Waals surface area contributed by atoms with E-state index in [2.05, 4.69) is 83.6 Å². The van der Waals surface area contributed by atoms with Crippen LogP contribution in [0.5, 0.6) is 0 Å². The molecule has 2 N–H and O–H groups in total. The molecule has 0 unspecified atom stereocenters. The molecule has 0 saturated carbocycles. The van der Waals surface area contributed by atoms with Crippen LogP contribution in [0.25, 0.3) is 10.9 Å². The van der Waals surface area contributed by atoms with E-state index in [1.165, 1.54) is 22.3 Å². The number of para-hydroxylation sites is 1. The first-order valence-electron chi connectivity index (χ1n) is 7.91. The Labute approximate surface area is 137 Å². The lowest BCUT2D eigenvalue weighted by Crippen LogP contribution is -2.44. The van der Waals surface area contributed by atoms with Crippen molar-refractivity contribution in [2.75, 3.05) is 14.1 Å². The van der Waals surface area contributed by atoms with Gasteiger partial charge in [-0.15, -0.1) is 0 Å². The van der Waals surface area contributed by atoms with E-state index in [0.29, 0.717) is 0 Å². The number of nitrogens with one attached hydrogen (secondary N) is 2. The molecule has 0 atom stereocenters. The Morgan fingerprint density at radius 1 is 1.26 bits per heavy atom. The molecule has 0 fully saturated rings. The Balaban J connectivity index is 1.82. The maximum Gasteiger partial charge on any atom is 0.127 e. The van der Waals surface area contributed by atoms with Gasteiger partial charge in [-0.25, -0.2) is 10.4 Å². The molecule has 1 aromatic carbocycles. The van der Waals surface area contributed by atoms with E-state index >= 15 is 0 Å². The number of aliphatic imine (C=N–C) groups is 1. The minimum atomic E-state index is -0.137. The predicted molar refractivity (Wildman–Crippen MR) is 95.9 cm³/mol. The lowest BCUT2D eigenvalue weighted by atomic mass is 9.89. The lowest BCUT2D eigenvalue weighted by molar-refractivity contribution is 0.334. The van der Waals surface area contributed by atoms with E-state index in [4.69, 9.17) is 0 Å². The molecule has 1 aliphatic heterocycles. The molecule has 0 saturated heterocycles. The van der Waals surface area contributed by atoms with E-state index in [-0.39, 0.29) is 5.41 Å². The highest BCUT2D eigenvalue weighted by atomic mass is 15.4. The van der Waals surface area contributed by atoms with Crippen molar-refractivity contribution in [2.45, 2.75) is 20.4 Å². The number of aromatic nitrogens is 1. The molecule has 2 aromatic rings. The number of amidine groups is 1. The molecule has 3 rings (SSSR count). The van der Waals surface area contributed by atoms with Gasteiger partial charge in [0.2, 0.25) is 0 Å². The van der Waals surface area contributed by atoms with Crippen molar-refractivity contribution >= 4 is 16.7 Å². The molecule has 1 aromatic heterocycles. The Hall–Kier alpha value is -2.27. The summed E-state index contributed by atoms with van der Waals surface area (Å²) < 4.78 is 2.27. The highest BCUT2D eigenvalue weighted by Crippen LogP contribution is 2.34. The number of nitrogens with zero attached hydrogens (tertiary/aromatic N) is 3. The maximum atomic E-state index is 4.52. The van der Waals surface area contributed by atoms with Crippen LogP contribution in [-0.2, 0) is 13.6 Å². The third-order valence-corrected chi connectivity index (χ3v) is 4.65. The Bertz CT molecular complexity index is 782. The number of benzene rings is 1. The minimum Gasteiger partial charge on any atom is -0.370 e. The van der Waals surface area contributed by atoms with E-state index in [1.807, 2.05) is 13.2 Å². The molecule has 0 amide bonds. The second kappa shape index (κ2) is 5.74. The van der Waals surface area contributed by atoms with Gasteiger partial charge in [-0.1, -0.05) is 18.2 Å². The van der Waals surface area contributed by atoms with Gasteiger partial charge in [-0.3, -0.25) is 0 Å². The zero-order valence-electron chi connectivity index (χ0n) is 14.5. The highest BCUT2D eigenvalue weighted by Gasteiger charge is 2.35. The summed E-state index contributed by atoms with van der Waals surface area (Å²) in [6, 6.07) is 10.8. The Morgan fingerprint density at radius 2 is 2.00 bits per heavy atom. The number of hydrogen-bond acceptors (Lipinski definition) is 4. The van der Waals surface area contributed by atoms with Gasteiger partial charge in [0.1, 0.15) is 5.84 Å². The van der Waals surface area contributed by atoms with Crippen LogP contribution in [0.2, 0.25) is 0 Å². The summed E-state index contributed by atoms with van der Waals surface area (Å²) in [5.41, 5.74) is 9.73. The van der Waals surface area contributed by atoms with Crippen LogP contribution in [0.3, 0.4) is 0 Å². The summed E-state index contributed by atoms with van der Waals surface area (Å²) >= 11 is 0. The summed E-state index contributed by atoms with van der Waals surface area (Å²) in [4.78, 5) is 6.80. The van der Waals surface area contributed by atoms with E-state index in [1.54, 1.807) is 0 Å². The third-order valence-electron chi connectivity index (χ3n) is 4.65. The van der Waals surface area contributed by atoms with Crippen molar-refractivity contribution in [1.82, 2.24) is 20.3 Å². The maximum absolute atomic E-state index is 4.52. The van der Waals surface area contributed by atoms with Gasteiger partial charge in [0, 0.05) is 44.3 Å². The first-order chi connectivity index (χ1) is 10.9. The highest BCUT2D eigenvalue weighted by molar-refractivity contribution is 5.92. The fourth-order valence-corrected chi connectivity index (χ4v) is 3.28. The first-order valence-corrected chi connectivity index (χ1v) is 7.91. The largest absolute Gasteiger partial charge is 0.370 e. The number of rotatable bonds is 4. The normalized spacial score (nSPS) is 16.4. The van der Waals surface area contributed by atoms with Crippen molar-refractivity contribution in [1.29, 1.82) is 0 Å². The standard InChI is InChI=1S/C18H25N5/c1-18(2)16(11-20-17(18)21-19-3)22(4)12-14-10-13-8-6-7-9-15(13)23(14)5/h6-11,19H,12H2,1-5H3,(H,20,21). The average molecular weight is 311 g/mol. The zero-order chi connectivity index (χ0) is 16.6. The number of fused-ring (bicyclic) bond motifs is 1. The van der Waals surface area contributed by atoms with Crippen molar-refractivity contribution in [3.05, 3.63) is 47.9 Å². The summed E-state index contributed by atoms with van der Waals surface area (Å²) in [5, 5.41) is 1.28. The number of hydrazine groups is 1. The molecule has 23 heavy (non-hydrogen) atoms. The third kappa shape index (κ3) is 2.61. The van der Waals surface area contributed by atoms with Gasteiger partial charge < -0.3 is 14.9 Å². The minimum absolute atomic E-state index is 0.137. The summed E-state index contributed by atoms with van der Waals surface area (Å²) in [6.07, 6.45) is 1.96. The topological polar surface area (TPSA) is 44.6 Å². The molecular weight excluding hydrogens is 286 g/mol. The van der Waals surface area contributed by atoms with Gasteiger partial charge in [0.05, 0.1) is 12.0 Å². The second-order valence-corrected chi connectivity index (χ2v) is 6.60. The molecule has 0 spiro atoms. The number of aryl methyl sites for hydroxylation is 1. The summed E-state index contributed by atoms with van der Waals surface area (Å²) in [6.45, 7) is 5.22. The molecule has 0 aliphatic carbocycles. The van der Waals surface area contributed by atoms with Crippen molar-refractivity contribution < 1.29 is 0 Å². The van der Waals surface area contributed by atoms with Gasteiger partial charge in [-0.05, 0) is 31.4 Å². The lowest BCUT2D eigenvalue weighted by Gasteiger charge is -2.32. The van der Waals surface area contributed by atoms with Gasteiger partial charge >= 0.3 is 0 Å². The molecule has 122 valence electrons. The second-order valence-electron chi connectivity index (χ2n) is 6.60. The molecule has 5 heteroatoms. The van der Waals surface area contributed by atoms with Gasteiger partial charge in [0.15, 0.2) is 0 Å². The van der Waals surface area contributed by atoms with Gasteiger partial charge in [0.25, 0.3) is 0 Å².